The number of hydrogen-bond donors (Lipinski definition) is 2. The largest absolute Gasteiger partial charge is 0.474 e. The van der Waals surface area contributed by atoms with Crippen molar-refractivity contribution in [2.24, 2.45) is 5.92 Å². The lowest BCUT2D eigenvalue weighted by Gasteiger charge is -2.43. The molecule has 9 nitrogen and oxygen atoms in total. The van der Waals surface area contributed by atoms with Gasteiger partial charge in [0.05, 0.1) is 12.2 Å². The summed E-state index contributed by atoms with van der Waals surface area (Å²) >= 11 is 0. The van der Waals surface area contributed by atoms with Crippen LogP contribution in [0.15, 0.2) is 24.5 Å². The number of carbonyl (C=O) groups excluding carboxylic acids is 1. The van der Waals surface area contributed by atoms with Crippen LogP contribution in [0.2, 0.25) is 0 Å². The summed E-state index contributed by atoms with van der Waals surface area (Å²) in [6, 6.07) is 3.33. The predicted molar refractivity (Wildman–Crippen MR) is 136 cm³/mol. The molecule has 0 radical (unpaired) electrons. The van der Waals surface area contributed by atoms with Crippen LogP contribution in [0.5, 0.6) is 5.88 Å². The second kappa shape index (κ2) is 9.50. The highest BCUT2D eigenvalue weighted by atomic mass is 19.3. The smallest absolute Gasteiger partial charge is 0.415 e. The Hall–Kier alpha value is -3.80. The Morgan fingerprint density at radius 3 is 2.87 bits per heavy atom. The van der Waals surface area contributed by atoms with E-state index in [4.69, 9.17) is 15.2 Å². The summed E-state index contributed by atoms with van der Waals surface area (Å²) in [6.45, 7) is 3.80. The molecule has 2 atom stereocenters. The molecule has 6 rings (SSSR count). The van der Waals surface area contributed by atoms with Crippen molar-refractivity contribution in [1.29, 1.82) is 0 Å². The van der Waals surface area contributed by atoms with Gasteiger partial charge in [-0.1, -0.05) is 0 Å². The summed E-state index contributed by atoms with van der Waals surface area (Å²) in [4.78, 5) is 24.7. The molecule has 0 aliphatic carbocycles. The van der Waals surface area contributed by atoms with Gasteiger partial charge in [-0.2, -0.15) is 0 Å². The molecule has 2 fully saturated rings. The van der Waals surface area contributed by atoms with Crippen LogP contribution >= 0.6 is 0 Å². The quantitative estimate of drug-likeness (QED) is 0.489. The zero-order valence-electron chi connectivity index (χ0n) is 20.7. The Balaban J connectivity index is 1.35. The molecule has 0 bridgehead atoms. The fraction of sp³-hybridized carbons (Fsp3) is 0.423. The molecule has 2 saturated heterocycles. The molecule has 38 heavy (non-hydrogen) atoms. The summed E-state index contributed by atoms with van der Waals surface area (Å²) < 4.78 is 52.6. The Morgan fingerprint density at radius 2 is 2.05 bits per heavy atom. The number of halogens is 3. The summed E-state index contributed by atoms with van der Waals surface area (Å²) in [6.07, 6.45) is 0.216. The molecule has 3 aliphatic heterocycles. The number of amides is 1. The van der Waals surface area contributed by atoms with Gasteiger partial charge >= 0.3 is 6.09 Å². The van der Waals surface area contributed by atoms with Crippen molar-refractivity contribution in [3.8, 4) is 17.0 Å². The lowest BCUT2D eigenvalue weighted by Crippen LogP contribution is -2.56. The molecule has 0 spiro atoms. The summed E-state index contributed by atoms with van der Waals surface area (Å²) in [5, 5.41) is 4.24. The van der Waals surface area contributed by atoms with Gasteiger partial charge in [0.1, 0.15) is 24.2 Å². The zero-order valence-corrected chi connectivity index (χ0v) is 20.7. The first-order chi connectivity index (χ1) is 18.3. The number of nitrogens with two attached hydrogens (primary N) is 1. The first-order valence-corrected chi connectivity index (χ1v) is 12.5. The topological polar surface area (TPSA) is 106 Å². The van der Waals surface area contributed by atoms with Crippen molar-refractivity contribution in [3.63, 3.8) is 0 Å². The van der Waals surface area contributed by atoms with Gasteiger partial charge in [-0.15, -0.1) is 0 Å². The second-order valence-corrected chi connectivity index (χ2v) is 9.90. The fourth-order valence-electron chi connectivity index (χ4n) is 5.59. The third-order valence-electron chi connectivity index (χ3n) is 7.53. The number of aromatic nitrogens is 2. The average molecular weight is 529 g/mol. The van der Waals surface area contributed by atoms with Crippen LogP contribution in [-0.4, -0.2) is 72.8 Å². The molecule has 3 aliphatic rings. The number of nitrogens with zero attached hydrogens (tertiary/aromatic N) is 4. The maximum Gasteiger partial charge on any atom is 0.415 e. The summed E-state index contributed by atoms with van der Waals surface area (Å²) in [5.41, 5.74) is 8.45. The number of carbonyl (C=O) groups is 1. The maximum absolute atomic E-state index is 15.5. The van der Waals surface area contributed by atoms with E-state index in [0.717, 1.165) is 5.56 Å². The highest BCUT2D eigenvalue weighted by Crippen LogP contribution is 2.40. The second-order valence-electron chi connectivity index (χ2n) is 9.90. The van der Waals surface area contributed by atoms with Crippen LogP contribution in [0, 0.1) is 18.7 Å². The minimum absolute atomic E-state index is 0.0610. The number of likely N-dealkylation sites (tertiary alicyclic amines) is 1. The number of hydrogen-bond acceptors (Lipinski definition) is 8. The van der Waals surface area contributed by atoms with E-state index in [1.54, 1.807) is 23.2 Å². The van der Waals surface area contributed by atoms with Crippen molar-refractivity contribution in [2.75, 3.05) is 55.3 Å². The fourth-order valence-corrected chi connectivity index (χ4v) is 5.59. The molecule has 0 unspecified atom stereocenters. The van der Waals surface area contributed by atoms with E-state index in [1.165, 1.54) is 11.1 Å². The standard InChI is InChI=1S/C26H27F3N6O3/c1-13-17(8-33-25-24(13)31-3-5-37-25)16-6-14-7-21(32-9-18(14)23(30)22(16)29)35-11-15-10-34(12-20(27)28)4-2-19(15)38-26(35)36/h6-9,15,19-20,31H,2-5,10-12,30H2,1H3/t15-,19-/m0/s1. The van der Waals surface area contributed by atoms with Crippen LogP contribution < -0.4 is 20.7 Å². The Morgan fingerprint density at radius 1 is 1.21 bits per heavy atom. The van der Waals surface area contributed by atoms with Gasteiger partial charge in [-0.05, 0) is 36.4 Å². The Bertz CT molecular complexity index is 1420. The van der Waals surface area contributed by atoms with Gasteiger partial charge in [0.2, 0.25) is 5.88 Å². The summed E-state index contributed by atoms with van der Waals surface area (Å²) in [5.74, 6) is 0.0646. The van der Waals surface area contributed by atoms with Crippen LogP contribution in [0.1, 0.15) is 12.0 Å². The normalized spacial score (nSPS) is 21.5. The molecular formula is C26H27F3N6O3. The monoisotopic (exact) mass is 528 g/mol. The molecule has 12 heteroatoms. The molecule has 3 N–H and O–H groups in total. The van der Waals surface area contributed by atoms with Gasteiger partial charge < -0.3 is 20.5 Å². The first-order valence-electron chi connectivity index (χ1n) is 12.5. The minimum atomic E-state index is -2.42. The number of rotatable bonds is 4. The van der Waals surface area contributed by atoms with Gasteiger partial charge in [0, 0.05) is 61.0 Å². The molecule has 3 aromatic rings. The summed E-state index contributed by atoms with van der Waals surface area (Å²) in [7, 11) is 0. The van der Waals surface area contributed by atoms with Crippen molar-refractivity contribution < 1.29 is 27.4 Å². The SMILES string of the molecule is Cc1c(-c2cc3cc(N4C[C@@H]5CN(CC(F)F)CC[C@@H]5OC4=O)ncc3c(N)c2F)cnc2c1NCCO2. The number of ether oxygens (including phenoxy) is 2. The van der Waals surface area contributed by atoms with Crippen LogP contribution in [-0.2, 0) is 4.74 Å². The first kappa shape index (κ1) is 24.5. The van der Waals surface area contributed by atoms with E-state index < -0.39 is 18.3 Å². The van der Waals surface area contributed by atoms with E-state index >= 15 is 4.39 Å². The van der Waals surface area contributed by atoms with E-state index in [9.17, 15) is 13.6 Å². The average Bonchev–Trinajstić information content (AvgIpc) is 2.90. The molecule has 1 amide bonds. The number of benzene rings is 1. The van der Waals surface area contributed by atoms with Gasteiger partial charge in [0.25, 0.3) is 6.43 Å². The zero-order chi connectivity index (χ0) is 26.6. The number of alkyl halides is 2. The van der Waals surface area contributed by atoms with Gasteiger partial charge in [-0.3, -0.25) is 9.80 Å². The molecule has 0 saturated carbocycles. The van der Waals surface area contributed by atoms with Crippen LogP contribution in [0.3, 0.4) is 0 Å². The number of nitrogens with one attached hydrogen (secondary N) is 1. The highest BCUT2D eigenvalue weighted by molar-refractivity contribution is 6.00. The maximum atomic E-state index is 15.5. The van der Waals surface area contributed by atoms with Crippen molar-refractivity contribution in [1.82, 2.24) is 14.9 Å². The number of anilines is 3. The van der Waals surface area contributed by atoms with E-state index in [2.05, 4.69) is 15.3 Å². The number of pyridine rings is 2. The third-order valence-corrected chi connectivity index (χ3v) is 7.53. The van der Waals surface area contributed by atoms with Crippen molar-refractivity contribution >= 4 is 34.1 Å². The molecule has 1 aromatic carbocycles. The number of fused-ring (bicyclic) bond motifs is 3. The van der Waals surface area contributed by atoms with Crippen LogP contribution in [0.4, 0.5) is 35.2 Å². The van der Waals surface area contributed by atoms with Crippen molar-refractivity contribution in [3.05, 3.63) is 35.9 Å². The molecule has 200 valence electrons. The molecule has 2 aromatic heterocycles. The van der Waals surface area contributed by atoms with E-state index in [-0.39, 0.29) is 36.4 Å². The Kier molecular flexibility index (Phi) is 6.13. The van der Waals surface area contributed by atoms with Crippen molar-refractivity contribution in [2.45, 2.75) is 25.9 Å². The minimum Gasteiger partial charge on any atom is -0.474 e. The predicted octanol–water partition coefficient (Wildman–Crippen LogP) is 4.04. The Labute approximate surface area is 216 Å². The molecule has 5 heterocycles. The van der Waals surface area contributed by atoms with Gasteiger partial charge in [0.15, 0.2) is 5.82 Å². The third kappa shape index (κ3) is 4.22. The van der Waals surface area contributed by atoms with Gasteiger partial charge in [-0.25, -0.2) is 27.9 Å². The molecular weight excluding hydrogens is 501 g/mol. The van der Waals surface area contributed by atoms with E-state index in [0.29, 0.717) is 66.4 Å². The number of piperidine rings is 1. The lowest BCUT2D eigenvalue weighted by atomic mass is 9.92. The highest BCUT2D eigenvalue weighted by Gasteiger charge is 2.40. The van der Waals surface area contributed by atoms with E-state index in [1.807, 2.05) is 6.92 Å². The van der Waals surface area contributed by atoms with Crippen LogP contribution in [0.25, 0.3) is 21.9 Å². The lowest BCUT2D eigenvalue weighted by molar-refractivity contribution is -0.0185. The number of nitrogen functional groups attached to an aromatic ring is 1.